The number of benzene rings is 2. The van der Waals surface area contributed by atoms with Gasteiger partial charge in [-0.2, -0.15) is 5.26 Å². The predicted octanol–water partition coefficient (Wildman–Crippen LogP) is 5.20. The van der Waals surface area contributed by atoms with Crippen molar-refractivity contribution in [3.05, 3.63) is 87.1 Å². The number of rotatable bonds is 2. The van der Waals surface area contributed by atoms with Crippen molar-refractivity contribution in [1.82, 2.24) is 9.97 Å². The number of H-pyrrole nitrogens is 1. The first-order valence-electron chi connectivity index (χ1n) is 8.25. The molecule has 0 aliphatic heterocycles. The lowest BCUT2D eigenvalue weighted by Crippen LogP contribution is -2.08. The molecular weight excluding hydrogens is 403 g/mol. The number of aromatic nitrogens is 2. The fourth-order valence-electron chi connectivity index (χ4n) is 3.11. The minimum atomic E-state index is -1.19. The van der Waals surface area contributed by atoms with Gasteiger partial charge >= 0.3 is 0 Å². The number of nitrogens with zero attached hydrogens (tertiary/aromatic N) is 2. The molecule has 0 bridgehead atoms. The zero-order chi connectivity index (χ0) is 20.7. The molecule has 4 rings (SSSR count). The molecule has 0 aliphatic carbocycles. The van der Waals surface area contributed by atoms with Crippen LogP contribution >= 0.6 is 11.6 Å². The molecule has 0 saturated carbocycles. The van der Waals surface area contributed by atoms with Crippen LogP contribution in [0.5, 0.6) is 0 Å². The van der Waals surface area contributed by atoms with Gasteiger partial charge < -0.3 is 4.98 Å². The second-order valence-electron chi connectivity index (χ2n) is 6.18. The van der Waals surface area contributed by atoms with Crippen LogP contribution in [0, 0.1) is 28.8 Å². The fraction of sp³-hybridized carbons (Fsp3) is 0. The van der Waals surface area contributed by atoms with E-state index in [1.807, 2.05) is 6.07 Å². The zero-order valence-electron chi connectivity index (χ0n) is 14.4. The number of aromatic amines is 1. The minimum absolute atomic E-state index is 0.126. The highest BCUT2D eigenvalue weighted by molar-refractivity contribution is 6.33. The van der Waals surface area contributed by atoms with Gasteiger partial charge in [-0.25, -0.2) is 13.2 Å². The third-order valence-corrected chi connectivity index (χ3v) is 4.77. The molecule has 142 valence electrons. The summed E-state index contributed by atoms with van der Waals surface area (Å²) in [7, 11) is 0. The zero-order valence-corrected chi connectivity index (χ0v) is 15.2. The van der Waals surface area contributed by atoms with Crippen LogP contribution in [0.3, 0.4) is 0 Å². The Balaban J connectivity index is 2.01. The van der Waals surface area contributed by atoms with Gasteiger partial charge in [0, 0.05) is 28.4 Å². The lowest BCUT2D eigenvalue weighted by atomic mass is 10.0. The molecule has 0 radical (unpaired) electrons. The molecule has 2 heterocycles. The van der Waals surface area contributed by atoms with E-state index in [0.29, 0.717) is 11.1 Å². The van der Waals surface area contributed by atoms with Crippen molar-refractivity contribution >= 4 is 22.5 Å². The van der Waals surface area contributed by atoms with Gasteiger partial charge in [0.1, 0.15) is 17.5 Å². The maximum Gasteiger partial charge on any atom is 0.193 e. The Hall–Kier alpha value is -3.63. The molecule has 0 saturated heterocycles. The van der Waals surface area contributed by atoms with Crippen LogP contribution in [0.1, 0.15) is 5.56 Å². The van der Waals surface area contributed by atoms with Gasteiger partial charge in [0.15, 0.2) is 5.43 Å². The number of hydrogen-bond donors (Lipinski definition) is 1. The van der Waals surface area contributed by atoms with Crippen molar-refractivity contribution in [3.63, 3.8) is 0 Å². The highest BCUT2D eigenvalue weighted by atomic mass is 35.5. The van der Waals surface area contributed by atoms with Crippen LogP contribution in [-0.2, 0) is 0 Å². The van der Waals surface area contributed by atoms with Crippen LogP contribution in [-0.4, -0.2) is 9.97 Å². The largest absolute Gasteiger partial charge is 0.354 e. The van der Waals surface area contributed by atoms with E-state index in [9.17, 15) is 13.6 Å². The topological polar surface area (TPSA) is 69.5 Å². The van der Waals surface area contributed by atoms with E-state index in [1.54, 1.807) is 0 Å². The number of nitriles is 1. The average Bonchev–Trinajstić information content (AvgIpc) is 2.69. The molecule has 0 amide bonds. The van der Waals surface area contributed by atoms with E-state index in [-0.39, 0.29) is 21.8 Å². The molecule has 0 unspecified atom stereocenters. The van der Waals surface area contributed by atoms with Crippen molar-refractivity contribution in [2.45, 2.75) is 0 Å². The van der Waals surface area contributed by atoms with Crippen LogP contribution in [0.15, 0.2) is 53.6 Å². The highest BCUT2D eigenvalue weighted by Gasteiger charge is 2.21. The quantitative estimate of drug-likeness (QED) is 0.493. The summed E-state index contributed by atoms with van der Waals surface area (Å²) in [6.45, 7) is 0. The van der Waals surface area contributed by atoms with Crippen LogP contribution in [0.4, 0.5) is 13.2 Å². The second-order valence-corrected chi connectivity index (χ2v) is 6.59. The Kier molecular flexibility index (Phi) is 4.57. The van der Waals surface area contributed by atoms with Gasteiger partial charge in [-0.1, -0.05) is 11.6 Å². The van der Waals surface area contributed by atoms with Crippen molar-refractivity contribution in [2.75, 3.05) is 0 Å². The Labute approximate surface area is 166 Å². The van der Waals surface area contributed by atoms with E-state index >= 15 is 4.39 Å². The lowest BCUT2D eigenvalue weighted by Gasteiger charge is -2.11. The summed E-state index contributed by atoms with van der Waals surface area (Å²) in [4.78, 5) is 19.0. The van der Waals surface area contributed by atoms with Crippen molar-refractivity contribution in [3.8, 4) is 28.5 Å². The normalized spacial score (nSPS) is 10.9. The van der Waals surface area contributed by atoms with Gasteiger partial charge in [0.2, 0.25) is 0 Å². The molecule has 4 nitrogen and oxygen atoms in total. The van der Waals surface area contributed by atoms with E-state index in [1.165, 1.54) is 24.4 Å². The summed E-state index contributed by atoms with van der Waals surface area (Å²) in [5.74, 6) is -3.16. The molecule has 0 aliphatic rings. The fourth-order valence-corrected chi connectivity index (χ4v) is 3.33. The van der Waals surface area contributed by atoms with Gasteiger partial charge in [-0.15, -0.1) is 0 Å². The molecule has 0 fully saturated rings. The number of nitrogens with one attached hydrogen (secondary N) is 1. The van der Waals surface area contributed by atoms with Crippen molar-refractivity contribution in [2.24, 2.45) is 0 Å². The molecule has 2 aromatic heterocycles. The first kappa shape index (κ1) is 18.7. The first-order chi connectivity index (χ1) is 13.9. The summed E-state index contributed by atoms with van der Waals surface area (Å²) in [5.41, 5.74) is -1.06. The maximum absolute atomic E-state index is 15.1. The predicted molar refractivity (Wildman–Crippen MR) is 103 cm³/mol. The Bertz CT molecular complexity index is 1390. The lowest BCUT2D eigenvalue weighted by molar-refractivity contribution is 0.587. The minimum Gasteiger partial charge on any atom is -0.354 e. The standard InChI is InChI=1S/C21H9ClF3N3O/c22-13-2-1-10(8-26)5-12(13)16-7-18(29)20-17(28-16)6-14(23)19(21(20)25)11-3-4-27-9-15(11)24/h1-7,9H,(H,28,29). The smallest absolute Gasteiger partial charge is 0.193 e. The number of pyridine rings is 2. The van der Waals surface area contributed by atoms with Crippen molar-refractivity contribution < 1.29 is 13.2 Å². The van der Waals surface area contributed by atoms with Gasteiger partial charge in [0.05, 0.1) is 40.0 Å². The second kappa shape index (κ2) is 7.08. The first-order valence-corrected chi connectivity index (χ1v) is 8.63. The SMILES string of the molecule is N#Cc1ccc(Cl)c(-c2cc(=O)c3c(F)c(-c4ccncc4F)c(F)cc3[nH]2)c1. The average molecular weight is 412 g/mol. The molecule has 0 atom stereocenters. The monoisotopic (exact) mass is 411 g/mol. The summed E-state index contributed by atoms with van der Waals surface area (Å²) in [6.07, 6.45) is 2.02. The molecule has 29 heavy (non-hydrogen) atoms. The van der Waals surface area contributed by atoms with E-state index in [4.69, 9.17) is 16.9 Å². The molecular formula is C21H9ClF3N3O. The number of halogens is 4. The molecule has 0 spiro atoms. The van der Waals surface area contributed by atoms with Crippen molar-refractivity contribution in [1.29, 1.82) is 5.26 Å². The molecule has 8 heteroatoms. The maximum atomic E-state index is 15.1. The third-order valence-electron chi connectivity index (χ3n) is 4.44. The Morgan fingerprint density at radius 2 is 1.83 bits per heavy atom. The van der Waals surface area contributed by atoms with Gasteiger partial charge in [-0.05, 0) is 30.3 Å². The van der Waals surface area contributed by atoms with Gasteiger partial charge in [-0.3, -0.25) is 9.78 Å². The van der Waals surface area contributed by atoms with E-state index in [0.717, 1.165) is 24.4 Å². The number of fused-ring (bicyclic) bond motifs is 1. The van der Waals surface area contributed by atoms with E-state index < -0.39 is 33.8 Å². The Morgan fingerprint density at radius 1 is 1.03 bits per heavy atom. The van der Waals surface area contributed by atoms with Crippen LogP contribution < -0.4 is 5.43 Å². The molecule has 4 aromatic rings. The molecule has 1 N–H and O–H groups in total. The Morgan fingerprint density at radius 3 is 2.55 bits per heavy atom. The summed E-state index contributed by atoms with van der Waals surface area (Å²) < 4.78 is 43.8. The van der Waals surface area contributed by atoms with Crippen LogP contribution in [0.2, 0.25) is 5.02 Å². The summed E-state index contributed by atoms with van der Waals surface area (Å²) in [5, 5.41) is 8.88. The highest BCUT2D eigenvalue weighted by Crippen LogP contribution is 2.33. The number of hydrogen-bond acceptors (Lipinski definition) is 3. The summed E-state index contributed by atoms with van der Waals surface area (Å²) in [6, 6.07) is 9.52. The van der Waals surface area contributed by atoms with Crippen LogP contribution in [0.25, 0.3) is 33.3 Å². The molecule has 2 aromatic carbocycles. The van der Waals surface area contributed by atoms with E-state index in [2.05, 4.69) is 9.97 Å². The van der Waals surface area contributed by atoms with Gasteiger partial charge in [0.25, 0.3) is 0 Å². The summed E-state index contributed by atoms with van der Waals surface area (Å²) >= 11 is 6.15. The third kappa shape index (κ3) is 3.13.